The molecule has 3 aliphatic rings. The van der Waals surface area contributed by atoms with E-state index in [2.05, 4.69) is 179 Å². The third-order valence-corrected chi connectivity index (χ3v) is 13.5. The van der Waals surface area contributed by atoms with Crippen molar-refractivity contribution in [2.24, 2.45) is 0 Å². The maximum absolute atomic E-state index is 2.77. The van der Waals surface area contributed by atoms with E-state index >= 15 is 0 Å². The minimum atomic E-state index is 0. The average molecular weight is 999 g/mol. The Hall–Kier alpha value is -4.87. The maximum atomic E-state index is 2.77. The highest BCUT2D eigenvalue weighted by molar-refractivity contribution is 6.10. The molecule has 0 amide bonds. The molecule has 7 nitrogen and oxygen atoms in total. The van der Waals surface area contributed by atoms with Crippen molar-refractivity contribution in [1.29, 1.82) is 0 Å². The van der Waals surface area contributed by atoms with Crippen molar-refractivity contribution in [2.75, 3.05) is 73.6 Å². The molecule has 0 unspecified atom stereocenters. The molecule has 0 saturated heterocycles. The lowest BCUT2D eigenvalue weighted by molar-refractivity contribution is -0.643. The van der Waals surface area contributed by atoms with Gasteiger partial charge in [0.15, 0.2) is 0 Å². The van der Waals surface area contributed by atoms with E-state index in [0.717, 1.165) is 78.5 Å². The number of anilines is 3. The highest BCUT2D eigenvalue weighted by Crippen LogP contribution is 2.35. The summed E-state index contributed by atoms with van der Waals surface area (Å²) < 4.78 is 7.72. The molecule has 0 N–H and O–H groups in total. The Bertz CT molecular complexity index is 2770. The smallest absolute Gasteiger partial charge is 0.285 e. The summed E-state index contributed by atoms with van der Waals surface area (Å²) in [6, 6.07) is 54.0. The van der Waals surface area contributed by atoms with Gasteiger partial charge in [-0.25, -0.2) is 13.7 Å². The summed E-state index contributed by atoms with van der Waals surface area (Å²) in [5.41, 5.74) is 4.02. The predicted molar refractivity (Wildman–Crippen MR) is 238 cm³/mol. The third-order valence-electron chi connectivity index (χ3n) is 13.5. The molecule has 0 saturated carbocycles. The van der Waals surface area contributed by atoms with Crippen LogP contribution in [0.5, 0.6) is 0 Å². The third kappa shape index (κ3) is 6.81. The zero-order valence-corrected chi connectivity index (χ0v) is 38.9. The zero-order valence-electron chi connectivity index (χ0n) is 34.1. The largest absolute Gasteiger partial charge is 1.00 e. The number of halogens is 3. The summed E-state index contributed by atoms with van der Waals surface area (Å²) >= 11 is 0. The SMILES string of the molecule is [Br-].[Br-].[Br-].c1ccc2c(c1)c1[n+](c3ccccc23)CCN1CCN(CCN1CC[n+]2c1c1ccccc1c1ccccc12)CCN1CC[n+]2c1c1ccccc1c1ccccc12. The molecule has 0 aliphatic carbocycles. The van der Waals surface area contributed by atoms with E-state index in [9.17, 15) is 0 Å². The van der Waals surface area contributed by atoms with E-state index in [1.807, 2.05) is 0 Å². The number of hydrogen-bond acceptors (Lipinski definition) is 4. The topological polar surface area (TPSA) is 24.6 Å². The standard InChI is InChI=1S/C51H48N7.3BrH/c1-4-19-43-37(13-1)40-16-7-10-22-46(40)56-34-31-53(49(43)56)28-25-52(26-29-54-32-35-57-47-23-11-8-17-41(47)38-14-2-5-20-44(38)50(54)57)27-30-55-33-36-58-48-24-12-9-18-42(48)39-15-3-6-21-45(39)51(55)58;;;/h1-24H,25-36H2;3*1H/q+3;;;/p-3. The van der Waals surface area contributed by atoms with Crippen LogP contribution in [0.15, 0.2) is 146 Å². The summed E-state index contributed by atoms with van der Waals surface area (Å²) in [5, 5.41) is 12.2. The van der Waals surface area contributed by atoms with Gasteiger partial charge in [0, 0.05) is 52.0 Å². The van der Waals surface area contributed by atoms with Crippen LogP contribution in [0.3, 0.4) is 0 Å². The molecule has 0 fully saturated rings. The number of aromatic nitrogens is 3. The second kappa shape index (κ2) is 17.1. The predicted octanol–water partition coefficient (Wildman–Crippen LogP) is -1.36. The second-order valence-corrected chi connectivity index (χ2v) is 16.4. The Morgan fingerprint density at radius 3 is 0.869 bits per heavy atom. The molecule has 9 aromatic rings. The Kier molecular flexibility index (Phi) is 11.6. The average Bonchev–Trinajstić information content (AvgIpc) is 4.05. The second-order valence-electron chi connectivity index (χ2n) is 16.4. The van der Waals surface area contributed by atoms with Crippen LogP contribution in [-0.2, 0) is 19.6 Å². The van der Waals surface area contributed by atoms with Gasteiger partial charge in [-0.1, -0.05) is 109 Å². The lowest BCUT2D eigenvalue weighted by Gasteiger charge is -2.25. The molecule has 0 radical (unpaired) electrons. The lowest BCUT2D eigenvalue weighted by Crippen LogP contribution is -3.00. The van der Waals surface area contributed by atoms with E-state index in [0.29, 0.717) is 0 Å². The van der Waals surface area contributed by atoms with Gasteiger partial charge in [-0.05, 0) is 36.4 Å². The van der Waals surface area contributed by atoms with Crippen molar-refractivity contribution >= 4 is 82.5 Å². The lowest BCUT2D eigenvalue weighted by atomic mass is 10.1. The first-order chi connectivity index (χ1) is 28.8. The first-order valence-corrected chi connectivity index (χ1v) is 21.3. The van der Waals surface area contributed by atoms with Gasteiger partial charge in [0.1, 0.15) is 55.8 Å². The van der Waals surface area contributed by atoms with Crippen LogP contribution in [0, 0.1) is 0 Å². The Balaban J connectivity index is 0.00000159. The fourth-order valence-electron chi connectivity index (χ4n) is 10.8. The van der Waals surface area contributed by atoms with Crippen LogP contribution in [0.1, 0.15) is 0 Å². The van der Waals surface area contributed by atoms with E-state index in [-0.39, 0.29) is 50.9 Å². The molecular weight excluding hydrogens is 950 g/mol. The fourth-order valence-corrected chi connectivity index (χ4v) is 10.8. The Morgan fingerprint density at radius 1 is 0.328 bits per heavy atom. The number of nitrogens with zero attached hydrogens (tertiary/aromatic N) is 7. The van der Waals surface area contributed by atoms with Crippen LogP contribution in [0.2, 0.25) is 0 Å². The normalized spacial score (nSPS) is 14.2. The van der Waals surface area contributed by atoms with Gasteiger partial charge in [0.25, 0.3) is 17.5 Å². The van der Waals surface area contributed by atoms with Crippen LogP contribution in [0.25, 0.3) is 65.0 Å². The van der Waals surface area contributed by atoms with Gasteiger partial charge in [-0.2, -0.15) is 0 Å². The molecule has 6 aromatic carbocycles. The summed E-state index contributed by atoms with van der Waals surface area (Å²) in [6.45, 7) is 12.2. The number of pyridine rings is 3. The van der Waals surface area contributed by atoms with Crippen molar-refractivity contribution in [3.63, 3.8) is 0 Å². The summed E-state index contributed by atoms with van der Waals surface area (Å²) in [6.07, 6.45) is 0. The molecule has 308 valence electrons. The van der Waals surface area contributed by atoms with Crippen LogP contribution in [-0.4, -0.2) is 63.8 Å². The summed E-state index contributed by atoms with van der Waals surface area (Å²) in [5.74, 6) is 4.13. The number of benzene rings is 6. The number of hydrogen-bond donors (Lipinski definition) is 0. The number of rotatable bonds is 9. The van der Waals surface area contributed by atoms with E-state index in [1.165, 1.54) is 82.5 Å². The van der Waals surface area contributed by atoms with Crippen molar-refractivity contribution in [1.82, 2.24) is 4.90 Å². The first kappa shape index (κ1) is 41.5. The Morgan fingerprint density at radius 2 is 0.574 bits per heavy atom. The highest BCUT2D eigenvalue weighted by Gasteiger charge is 2.36. The number of para-hydroxylation sites is 3. The quantitative estimate of drug-likeness (QED) is 0.132. The molecule has 3 aliphatic heterocycles. The molecule has 10 heteroatoms. The molecule has 6 heterocycles. The van der Waals surface area contributed by atoms with Gasteiger partial charge in [-0.15, -0.1) is 0 Å². The zero-order chi connectivity index (χ0) is 38.2. The molecule has 0 atom stereocenters. The van der Waals surface area contributed by atoms with Crippen LogP contribution < -0.4 is 79.3 Å². The van der Waals surface area contributed by atoms with Gasteiger partial charge in [0.2, 0.25) is 0 Å². The van der Waals surface area contributed by atoms with Crippen molar-refractivity contribution in [2.45, 2.75) is 19.6 Å². The first-order valence-electron chi connectivity index (χ1n) is 21.3. The van der Waals surface area contributed by atoms with Crippen LogP contribution >= 0.6 is 0 Å². The summed E-state index contributed by atoms with van der Waals surface area (Å²) in [7, 11) is 0. The van der Waals surface area contributed by atoms with Crippen molar-refractivity contribution < 1.29 is 64.6 Å². The molecule has 0 bridgehead atoms. The van der Waals surface area contributed by atoms with Gasteiger partial charge >= 0.3 is 0 Å². The molecular formula is C51H48Br3N7. The number of fused-ring (bicyclic) bond motifs is 18. The summed E-state index contributed by atoms with van der Waals surface area (Å²) in [4.78, 5) is 10.8. The minimum Gasteiger partial charge on any atom is -1.00 e. The van der Waals surface area contributed by atoms with Gasteiger partial charge in [-0.3, -0.25) is 19.6 Å². The van der Waals surface area contributed by atoms with Crippen LogP contribution in [0.4, 0.5) is 17.5 Å². The minimum absolute atomic E-state index is 0. The molecule has 3 aromatic heterocycles. The van der Waals surface area contributed by atoms with E-state index < -0.39 is 0 Å². The van der Waals surface area contributed by atoms with E-state index in [4.69, 9.17) is 0 Å². The van der Waals surface area contributed by atoms with Crippen molar-refractivity contribution in [3.8, 4) is 0 Å². The fraction of sp³-hybridized carbons (Fsp3) is 0.235. The molecule has 61 heavy (non-hydrogen) atoms. The molecule has 0 spiro atoms. The Labute approximate surface area is 388 Å². The van der Waals surface area contributed by atoms with Crippen molar-refractivity contribution in [3.05, 3.63) is 146 Å². The maximum Gasteiger partial charge on any atom is 0.285 e. The highest BCUT2D eigenvalue weighted by atomic mass is 79.9. The van der Waals surface area contributed by atoms with E-state index in [1.54, 1.807) is 0 Å². The monoisotopic (exact) mass is 995 g/mol. The molecule has 12 rings (SSSR count). The van der Waals surface area contributed by atoms with Gasteiger partial charge < -0.3 is 50.9 Å². The van der Waals surface area contributed by atoms with Gasteiger partial charge in [0.05, 0.1) is 35.8 Å².